The highest BCUT2D eigenvalue weighted by molar-refractivity contribution is 7.75. The van der Waals surface area contributed by atoms with Crippen molar-refractivity contribution in [2.24, 2.45) is 0 Å². The largest absolute Gasteiger partial charge is 0.419 e. The van der Waals surface area contributed by atoms with Crippen LogP contribution in [0, 0.1) is 0 Å². The minimum absolute atomic E-state index is 0.523. The SMILES string of the molecule is CC(C)=CC(=C(C)C)c1ccc(CCNC(=O)OS)cc1. The Hall–Kier alpha value is -1.68. The Morgan fingerprint density at radius 2 is 1.81 bits per heavy atom. The summed E-state index contributed by atoms with van der Waals surface area (Å²) in [7, 11) is 0. The summed E-state index contributed by atoms with van der Waals surface area (Å²) in [5.74, 6) is 0. The first-order valence-electron chi connectivity index (χ1n) is 6.95. The van der Waals surface area contributed by atoms with Gasteiger partial charge >= 0.3 is 6.09 Å². The van der Waals surface area contributed by atoms with Crippen LogP contribution in [0.15, 0.2) is 41.5 Å². The van der Waals surface area contributed by atoms with Crippen molar-refractivity contribution in [2.75, 3.05) is 6.54 Å². The van der Waals surface area contributed by atoms with Crippen LogP contribution in [0.1, 0.15) is 38.8 Å². The standard InChI is InChI=1S/C17H23NO2S/c1-12(2)11-16(13(3)4)15-7-5-14(6-8-15)9-10-18-17(19)20-21/h5-8,11,21H,9-10H2,1-4H3,(H,18,19). The summed E-state index contributed by atoms with van der Waals surface area (Å²) in [5.41, 5.74) is 6.22. The molecule has 4 heteroatoms. The number of hydrogen-bond donors (Lipinski definition) is 2. The summed E-state index contributed by atoms with van der Waals surface area (Å²) in [4.78, 5) is 10.9. The fraction of sp³-hybridized carbons (Fsp3) is 0.353. The Morgan fingerprint density at radius 1 is 1.19 bits per heavy atom. The van der Waals surface area contributed by atoms with E-state index in [1.165, 1.54) is 27.8 Å². The molecule has 1 aromatic carbocycles. The number of nitrogens with one attached hydrogen (secondary N) is 1. The lowest BCUT2D eigenvalue weighted by Crippen LogP contribution is -2.24. The predicted octanol–water partition coefficient (Wildman–Crippen LogP) is 4.56. The molecular weight excluding hydrogens is 282 g/mol. The maximum Gasteiger partial charge on any atom is 0.419 e. The number of amides is 1. The molecule has 0 unspecified atom stereocenters. The molecule has 1 N–H and O–H groups in total. The van der Waals surface area contributed by atoms with Crippen LogP contribution in [0.5, 0.6) is 0 Å². The van der Waals surface area contributed by atoms with Gasteiger partial charge in [0.15, 0.2) is 0 Å². The van der Waals surface area contributed by atoms with E-state index < -0.39 is 6.09 Å². The molecule has 0 heterocycles. The van der Waals surface area contributed by atoms with Crippen molar-refractivity contribution in [2.45, 2.75) is 34.1 Å². The van der Waals surface area contributed by atoms with E-state index in [0.717, 1.165) is 6.42 Å². The van der Waals surface area contributed by atoms with Gasteiger partial charge in [0.05, 0.1) is 0 Å². The predicted molar refractivity (Wildman–Crippen MR) is 91.3 cm³/mol. The van der Waals surface area contributed by atoms with E-state index >= 15 is 0 Å². The Labute approximate surface area is 132 Å². The first-order chi connectivity index (χ1) is 9.93. The molecule has 0 atom stereocenters. The van der Waals surface area contributed by atoms with Crippen molar-refractivity contribution in [3.8, 4) is 0 Å². The minimum Gasteiger partial charge on any atom is -0.378 e. The summed E-state index contributed by atoms with van der Waals surface area (Å²) < 4.78 is 4.23. The van der Waals surface area contributed by atoms with Crippen molar-refractivity contribution in [1.29, 1.82) is 0 Å². The lowest BCUT2D eigenvalue weighted by atomic mass is 9.98. The summed E-state index contributed by atoms with van der Waals surface area (Å²) in [6.07, 6.45) is 2.44. The van der Waals surface area contributed by atoms with Gasteiger partial charge in [-0.1, -0.05) is 41.5 Å². The van der Waals surface area contributed by atoms with Gasteiger partial charge in [-0.3, -0.25) is 0 Å². The van der Waals surface area contributed by atoms with Crippen molar-refractivity contribution in [3.05, 3.63) is 52.6 Å². The van der Waals surface area contributed by atoms with E-state index in [2.05, 4.69) is 80.4 Å². The van der Waals surface area contributed by atoms with E-state index in [9.17, 15) is 4.79 Å². The number of thiol groups is 1. The Bertz CT molecular complexity index is 536. The molecule has 0 fully saturated rings. The van der Waals surface area contributed by atoms with Gasteiger partial charge in [-0.25, -0.2) is 4.79 Å². The average molecular weight is 305 g/mol. The van der Waals surface area contributed by atoms with E-state index in [4.69, 9.17) is 0 Å². The van der Waals surface area contributed by atoms with E-state index in [0.29, 0.717) is 6.54 Å². The molecule has 0 bridgehead atoms. The molecule has 0 aliphatic rings. The fourth-order valence-electron chi connectivity index (χ4n) is 2.00. The molecule has 3 nitrogen and oxygen atoms in total. The smallest absolute Gasteiger partial charge is 0.378 e. The second-order valence-corrected chi connectivity index (χ2v) is 5.57. The molecule has 0 aliphatic heterocycles. The van der Waals surface area contributed by atoms with Gasteiger partial charge in [-0.15, -0.1) is 0 Å². The number of rotatable bonds is 5. The normalized spacial score (nSPS) is 9.76. The van der Waals surface area contributed by atoms with Crippen molar-refractivity contribution in [3.63, 3.8) is 0 Å². The molecule has 1 rings (SSSR count). The number of hydrogen-bond acceptors (Lipinski definition) is 3. The van der Waals surface area contributed by atoms with Crippen molar-refractivity contribution in [1.82, 2.24) is 5.32 Å². The third-order valence-electron chi connectivity index (χ3n) is 3.00. The quantitative estimate of drug-likeness (QED) is 0.475. The van der Waals surface area contributed by atoms with Crippen LogP contribution in [-0.2, 0) is 10.6 Å². The highest BCUT2D eigenvalue weighted by Crippen LogP contribution is 2.22. The second-order valence-electron chi connectivity index (χ2n) is 5.39. The van der Waals surface area contributed by atoms with Gasteiger partial charge in [0.2, 0.25) is 0 Å². The molecule has 114 valence electrons. The van der Waals surface area contributed by atoms with E-state index in [1.807, 2.05) is 0 Å². The van der Waals surface area contributed by atoms with Gasteiger partial charge in [0, 0.05) is 19.5 Å². The molecule has 0 aromatic heterocycles. The monoisotopic (exact) mass is 305 g/mol. The van der Waals surface area contributed by atoms with Crippen molar-refractivity contribution < 1.29 is 8.98 Å². The molecule has 0 spiro atoms. The van der Waals surface area contributed by atoms with E-state index in [-0.39, 0.29) is 0 Å². The summed E-state index contributed by atoms with van der Waals surface area (Å²) >= 11 is 3.44. The summed E-state index contributed by atoms with van der Waals surface area (Å²) in [6.45, 7) is 8.97. The lowest BCUT2D eigenvalue weighted by molar-refractivity contribution is 0.209. The minimum atomic E-state index is -0.523. The van der Waals surface area contributed by atoms with Crippen LogP contribution in [0.25, 0.3) is 5.57 Å². The average Bonchev–Trinajstić information content (AvgIpc) is 2.45. The maximum atomic E-state index is 10.9. The van der Waals surface area contributed by atoms with Crippen LogP contribution in [-0.4, -0.2) is 12.6 Å². The van der Waals surface area contributed by atoms with Crippen LogP contribution in [0.2, 0.25) is 0 Å². The molecule has 0 radical (unpaired) electrons. The highest BCUT2D eigenvalue weighted by atomic mass is 32.1. The zero-order chi connectivity index (χ0) is 15.8. The summed E-state index contributed by atoms with van der Waals surface area (Å²) in [5, 5.41) is 2.61. The van der Waals surface area contributed by atoms with Crippen LogP contribution < -0.4 is 5.32 Å². The molecular formula is C17H23NO2S. The van der Waals surface area contributed by atoms with Crippen molar-refractivity contribution >= 4 is 24.6 Å². The Morgan fingerprint density at radius 3 is 2.29 bits per heavy atom. The van der Waals surface area contributed by atoms with Crippen LogP contribution >= 0.6 is 12.9 Å². The van der Waals surface area contributed by atoms with Crippen LogP contribution in [0.4, 0.5) is 4.79 Å². The number of carbonyl (C=O) groups excluding carboxylic acids is 1. The van der Waals surface area contributed by atoms with Gasteiger partial charge in [-0.05, 0) is 50.8 Å². The zero-order valence-electron chi connectivity index (χ0n) is 13.1. The highest BCUT2D eigenvalue weighted by Gasteiger charge is 2.03. The van der Waals surface area contributed by atoms with Gasteiger partial charge in [0.25, 0.3) is 0 Å². The first kappa shape index (κ1) is 17.4. The lowest BCUT2D eigenvalue weighted by Gasteiger charge is -2.09. The molecule has 1 aromatic rings. The topological polar surface area (TPSA) is 38.3 Å². The fourth-order valence-corrected chi connectivity index (χ4v) is 2.06. The number of carbonyl (C=O) groups is 1. The second kappa shape index (κ2) is 8.57. The van der Waals surface area contributed by atoms with Crippen LogP contribution in [0.3, 0.4) is 0 Å². The molecule has 0 saturated carbocycles. The van der Waals surface area contributed by atoms with Gasteiger partial charge in [0.1, 0.15) is 0 Å². The van der Waals surface area contributed by atoms with Gasteiger partial charge < -0.3 is 9.50 Å². The molecule has 21 heavy (non-hydrogen) atoms. The molecule has 0 aliphatic carbocycles. The number of benzene rings is 1. The van der Waals surface area contributed by atoms with Gasteiger partial charge in [-0.2, -0.15) is 0 Å². The number of allylic oxidation sites excluding steroid dienone is 4. The Kier molecular flexibility index (Phi) is 7.09. The molecule has 0 saturated heterocycles. The third kappa shape index (κ3) is 6.08. The molecule has 1 amide bonds. The maximum absolute atomic E-state index is 10.9. The first-order valence-corrected chi connectivity index (χ1v) is 7.31. The third-order valence-corrected chi connectivity index (χ3v) is 3.17. The zero-order valence-corrected chi connectivity index (χ0v) is 14.0. The Balaban J connectivity index is 2.75. The van der Waals surface area contributed by atoms with E-state index in [1.54, 1.807) is 0 Å². The summed E-state index contributed by atoms with van der Waals surface area (Å²) in [6, 6.07) is 8.41.